The van der Waals surface area contributed by atoms with Crippen molar-refractivity contribution in [2.75, 3.05) is 0 Å². The maximum atomic E-state index is 9.98. The van der Waals surface area contributed by atoms with E-state index in [1.165, 1.54) is 0 Å². The number of hydrogen-bond donors (Lipinski definition) is 0. The zero-order valence-electron chi connectivity index (χ0n) is 56.0. The van der Waals surface area contributed by atoms with Crippen molar-refractivity contribution in [3.8, 4) is 56.7 Å². The number of thiophene rings is 1. The third-order valence-corrected chi connectivity index (χ3v) is 11.9. The summed E-state index contributed by atoms with van der Waals surface area (Å²) in [6.07, 6.45) is 0. The topological polar surface area (TPSA) is 48.5 Å². The van der Waals surface area contributed by atoms with Gasteiger partial charge >= 0.3 is 0 Å². The van der Waals surface area contributed by atoms with Crippen LogP contribution in [-0.2, 0) is 0 Å². The van der Waals surface area contributed by atoms with Crippen LogP contribution in [0.3, 0.4) is 0 Å². The Bertz CT molecular complexity index is 5040. The van der Waals surface area contributed by atoms with Gasteiger partial charge in [0.25, 0.3) is 0 Å². The Kier molecular flexibility index (Phi) is 4.34. The quantitative estimate of drug-likeness (QED) is 0.167. The first kappa shape index (κ1) is 19.2. The minimum Gasteiger partial charge on any atom is -0.278 e. The molecule has 0 bridgehead atoms. The van der Waals surface area contributed by atoms with Crippen molar-refractivity contribution < 1.29 is 32.9 Å². The van der Waals surface area contributed by atoms with Crippen molar-refractivity contribution in [2.24, 2.45) is 0 Å². The molecule has 0 saturated carbocycles. The highest BCUT2D eigenvalue weighted by Gasteiger charge is 2.22. The lowest BCUT2D eigenvalue weighted by molar-refractivity contribution is 0.893. The van der Waals surface area contributed by atoms with Crippen LogP contribution in [0.2, 0.25) is 0 Å². The number of hydrogen-bond acceptors (Lipinski definition) is 4. The Morgan fingerprint density at radius 3 is 1.48 bits per heavy atom. The predicted molar refractivity (Wildman–Crippen MR) is 263 cm³/mol. The molecule has 0 radical (unpaired) electrons. The average molecular weight is 846 g/mol. The van der Waals surface area contributed by atoms with E-state index in [4.69, 9.17) is 34.1 Å². The lowest BCUT2D eigenvalue weighted by Gasteiger charge is -2.13. The number of rotatable bonds is 6. The second-order valence-corrected chi connectivity index (χ2v) is 15.2. The van der Waals surface area contributed by atoms with Crippen molar-refractivity contribution in [3.05, 3.63) is 212 Å². The van der Waals surface area contributed by atoms with Gasteiger partial charge in [0.05, 0.1) is 55.0 Å². The summed E-state index contributed by atoms with van der Waals surface area (Å²) in [4.78, 5) is 14.6. The van der Waals surface area contributed by atoms with Gasteiger partial charge in [-0.3, -0.25) is 9.13 Å². The maximum absolute atomic E-state index is 9.98. The Morgan fingerprint density at radius 2 is 0.873 bits per heavy atom. The van der Waals surface area contributed by atoms with Gasteiger partial charge in [0.1, 0.15) is 0 Å². The molecule has 63 heavy (non-hydrogen) atoms. The smallest absolute Gasteiger partial charge is 0.240 e. The highest BCUT2D eigenvalue weighted by Crippen LogP contribution is 2.41. The Morgan fingerprint density at radius 1 is 0.365 bits per heavy atom. The van der Waals surface area contributed by atoms with Crippen LogP contribution < -0.4 is 0 Å². The third kappa shape index (κ3) is 5.73. The van der Waals surface area contributed by atoms with Crippen LogP contribution in [0.15, 0.2) is 212 Å². The van der Waals surface area contributed by atoms with Crippen LogP contribution in [0.4, 0.5) is 0 Å². The summed E-state index contributed by atoms with van der Waals surface area (Å²) >= 11 is 1.59. The molecule has 13 aromatic rings. The number of para-hydroxylation sites is 2. The second-order valence-electron chi connectivity index (χ2n) is 14.2. The summed E-state index contributed by atoms with van der Waals surface area (Å²) in [5, 5.41) is 0.246. The van der Waals surface area contributed by atoms with Crippen molar-refractivity contribution in [3.63, 3.8) is 0 Å². The fourth-order valence-electron chi connectivity index (χ4n) is 7.88. The van der Waals surface area contributed by atoms with Crippen LogP contribution in [0, 0.1) is 0 Å². The summed E-state index contributed by atoms with van der Waals surface area (Å²) < 4.78 is 221. The Labute approximate surface area is 400 Å². The molecule has 0 aliphatic carbocycles. The minimum absolute atomic E-state index is 0.179. The lowest BCUT2D eigenvalue weighted by atomic mass is 10.0. The summed E-state index contributed by atoms with van der Waals surface area (Å²) in [5.74, 6) is -1.66. The van der Waals surface area contributed by atoms with E-state index in [0.29, 0.717) is 0 Å². The molecule has 6 heteroatoms. The van der Waals surface area contributed by atoms with Crippen LogP contribution >= 0.6 is 11.3 Å². The van der Waals surface area contributed by atoms with E-state index in [1.807, 2.05) is 42.5 Å². The van der Waals surface area contributed by atoms with E-state index >= 15 is 0 Å². The van der Waals surface area contributed by atoms with Gasteiger partial charge in [-0.05, 0) is 63.6 Å². The zero-order chi connectivity index (χ0) is 62.3. The average Bonchev–Trinajstić information content (AvgIpc) is 1.57. The van der Waals surface area contributed by atoms with Crippen molar-refractivity contribution in [2.45, 2.75) is 0 Å². The highest BCUT2D eigenvalue weighted by atomic mass is 32.1. The zero-order valence-corrected chi connectivity index (χ0v) is 32.8. The maximum Gasteiger partial charge on any atom is 0.240 e. The second kappa shape index (κ2) is 14.2. The number of fused-ring (bicyclic) bond motifs is 9. The van der Waals surface area contributed by atoms with E-state index < -0.39 is 223 Å². The van der Waals surface area contributed by atoms with Gasteiger partial charge in [0.2, 0.25) is 11.9 Å². The molecule has 5 nitrogen and oxygen atoms in total. The van der Waals surface area contributed by atoms with Crippen LogP contribution in [0.5, 0.6) is 0 Å². The largest absolute Gasteiger partial charge is 0.278 e. The van der Waals surface area contributed by atoms with E-state index in [0.717, 1.165) is 40.4 Å². The molecule has 0 saturated heterocycles. The molecule has 0 atom stereocenters. The monoisotopic (exact) mass is 845 g/mol. The van der Waals surface area contributed by atoms with E-state index in [2.05, 4.69) is 0 Å². The van der Waals surface area contributed by atoms with Gasteiger partial charge in [0, 0.05) is 47.3 Å². The summed E-state index contributed by atoms with van der Waals surface area (Å²) in [6.45, 7) is 0. The molecule has 0 spiro atoms. The molecule has 0 aliphatic rings. The van der Waals surface area contributed by atoms with Gasteiger partial charge in [-0.25, -0.2) is 0 Å². The number of nitrogens with zero attached hydrogens (tertiary/aromatic N) is 5. The van der Waals surface area contributed by atoms with Crippen molar-refractivity contribution >= 4 is 75.1 Å². The van der Waals surface area contributed by atoms with Crippen LogP contribution in [0.25, 0.3) is 120 Å². The van der Waals surface area contributed by atoms with Crippen molar-refractivity contribution in [1.82, 2.24) is 24.1 Å². The molecule has 0 fully saturated rings. The predicted octanol–water partition coefficient (Wildman–Crippen LogP) is 15.1. The van der Waals surface area contributed by atoms with Crippen LogP contribution in [-0.4, -0.2) is 24.1 Å². The number of benzene rings is 9. The minimum atomic E-state index is -0.863. The molecule has 4 aromatic heterocycles. The first-order valence-corrected chi connectivity index (χ1v) is 20.1. The Hall–Kier alpha value is -8.19. The first-order valence-electron chi connectivity index (χ1n) is 31.2. The molecular weight excluding hydrogens is 787 g/mol. The molecule has 0 unspecified atom stereocenters. The normalized spacial score (nSPS) is 17.1. The molecule has 0 N–H and O–H groups in total. The Balaban J connectivity index is 1.22. The third-order valence-electron chi connectivity index (χ3n) is 10.7. The fraction of sp³-hybridized carbons (Fsp3) is 0. The van der Waals surface area contributed by atoms with Crippen LogP contribution in [0.1, 0.15) is 32.9 Å². The molecule has 9 aromatic carbocycles. The van der Waals surface area contributed by atoms with Gasteiger partial charge < -0.3 is 0 Å². The summed E-state index contributed by atoms with van der Waals surface area (Å²) in [5.41, 5.74) is -3.08. The van der Waals surface area contributed by atoms with Gasteiger partial charge in [-0.1, -0.05) is 182 Å². The molecule has 0 aliphatic heterocycles. The van der Waals surface area contributed by atoms with E-state index in [-0.39, 0.29) is 11.4 Å². The fourth-order valence-corrected chi connectivity index (χ4v) is 9.12. The van der Waals surface area contributed by atoms with E-state index in [9.17, 15) is 13.7 Å². The SMILES string of the molecule is [2H]c1c([2H])c([2H])c(-c2c([2H])c([2H])c3c4c([2H])c([2H])c([2H])c([2H])c4n(-c4nc(-c5ccc(-c6cccc7c6sc6ccccc67)cc5)nc(-n5c6c([2H])c([2H])c([2H])c([2H])c6c6c([2H])c([2H])c(-c7c([2H])c([2H])c([2H])c([2H])c7[2H])c([2H])c65)n4)c3c2[2H])c([2H])c1[2H]. The molecule has 294 valence electrons. The standard InChI is InChI=1S/C57H35N5S/c1-3-14-36(15-4-1)40-30-32-45-43-18-7-10-23-49(43)61(51(45)34-40)56-58-55(39-28-26-38(27-29-39)42-21-13-22-48-47-20-9-12-25-53(47)63-54(42)48)59-57(60-56)62-50-24-11-8-19-44(50)46-33-31-41(35-52(46)62)37-16-5-2-6-17-37/h1-35H/i1D,2D,3D,4D,5D,6D,7D,8D,10D,11D,14D,15D,16D,17D,18D,19D,23D,24D,30D,31D,32D,33D,34D,35D. The lowest BCUT2D eigenvalue weighted by Crippen LogP contribution is -2.10. The van der Waals surface area contributed by atoms with E-state index in [1.54, 1.807) is 35.6 Å². The molecule has 0 amide bonds. The molecule has 13 rings (SSSR count). The van der Waals surface area contributed by atoms with Crippen molar-refractivity contribution in [1.29, 1.82) is 0 Å². The molecule has 4 heterocycles. The molecular formula is C57H35N5S. The summed E-state index contributed by atoms with van der Waals surface area (Å²) in [7, 11) is 0. The van der Waals surface area contributed by atoms with Gasteiger partial charge in [-0.2, -0.15) is 15.0 Å². The first-order chi connectivity index (χ1) is 41.2. The van der Waals surface area contributed by atoms with Gasteiger partial charge in [0.15, 0.2) is 5.82 Å². The number of aromatic nitrogens is 5. The highest BCUT2D eigenvalue weighted by molar-refractivity contribution is 7.26. The summed E-state index contributed by atoms with van der Waals surface area (Å²) in [6, 6.07) is 0.656. The van der Waals surface area contributed by atoms with Gasteiger partial charge in [-0.15, -0.1) is 11.3 Å².